The van der Waals surface area contributed by atoms with Gasteiger partial charge in [0.05, 0.1) is 5.02 Å². The molecule has 1 aliphatic heterocycles. The molecule has 0 spiro atoms. The zero-order valence-electron chi connectivity index (χ0n) is 12.4. The zero-order chi connectivity index (χ0) is 14.7. The lowest BCUT2D eigenvalue weighted by Crippen LogP contribution is -2.48. The van der Waals surface area contributed by atoms with E-state index in [9.17, 15) is 4.39 Å². The molecule has 1 saturated carbocycles. The van der Waals surface area contributed by atoms with Crippen molar-refractivity contribution < 1.29 is 4.39 Å². The lowest BCUT2D eigenvalue weighted by Gasteiger charge is -2.40. The van der Waals surface area contributed by atoms with E-state index in [1.54, 1.807) is 12.1 Å². The Bertz CT molecular complexity index is 474. The summed E-state index contributed by atoms with van der Waals surface area (Å²) >= 11 is 5.89. The third-order valence-electron chi connectivity index (χ3n) is 4.96. The molecule has 2 N–H and O–H groups in total. The van der Waals surface area contributed by atoms with E-state index in [1.165, 1.54) is 51.0 Å². The van der Waals surface area contributed by atoms with Crippen molar-refractivity contribution in [2.75, 3.05) is 11.9 Å². The van der Waals surface area contributed by atoms with Gasteiger partial charge >= 0.3 is 0 Å². The fourth-order valence-electron chi connectivity index (χ4n) is 3.86. The van der Waals surface area contributed by atoms with Crippen LogP contribution >= 0.6 is 11.6 Å². The minimum atomic E-state index is -0.351. The summed E-state index contributed by atoms with van der Waals surface area (Å²) in [4.78, 5) is 0. The van der Waals surface area contributed by atoms with Gasteiger partial charge in [-0.25, -0.2) is 4.39 Å². The lowest BCUT2D eigenvalue weighted by atomic mass is 9.77. The van der Waals surface area contributed by atoms with Gasteiger partial charge in [-0.05, 0) is 56.3 Å². The maximum absolute atomic E-state index is 13.3. The highest BCUT2D eigenvalue weighted by Crippen LogP contribution is 2.33. The van der Waals surface area contributed by atoms with Crippen LogP contribution in [-0.2, 0) is 0 Å². The Morgan fingerprint density at radius 3 is 2.67 bits per heavy atom. The van der Waals surface area contributed by atoms with Crippen molar-refractivity contribution in [1.29, 1.82) is 0 Å². The van der Waals surface area contributed by atoms with E-state index in [1.807, 2.05) is 0 Å². The van der Waals surface area contributed by atoms with Gasteiger partial charge in [0.15, 0.2) is 0 Å². The second kappa shape index (κ2) is 6.97. The fraction of sp³-hybridized carbons (Fsp3) is 0.647. The van der Waals surface area contributed by atoms with E-state index in [4.69, 9.17) is 11.6 Å². The van der Waals surface area contributed by atoms with Crippen molar-refractivity contribution >= 4 is 17.3 Å². The van der Waals surface area contributed by atoms with Crippen molar-refractivity contribution in [2.45, 2.75) is 57.0 Å². The zero-order valence-corrected chi connectivity index (χ0v) is 13.1. The van der Waals surface area contributed by atoms with Gasteiger partial charge in [0.25, 0.3) is 0 Å². The molecule has 3 unspecified atom stereocenters. The van der Waals surface area contributed by atoms with Crippen LogP contribution in [0.15, 0.2) is 18.2 Å². The van der Waals surface area contributed by atoms with E-state index < -0.39 is 0 Å². The van der Waals surface area contributed by atoms with Gasteiger partial charge < -0.3 is 10.6 Å². The molecule has 0 bridgehead atoms. The summed E-state index contributed by atoms with van der Waals surface area (Å²) in [6.45, 7) is 1.15. The maximum atomic E-state index is 13.3. The lowest BCUT2D eigenvalue weighted by molar-refractivity contribution is 0.217. The predicted molar refractivity (Wildman–Crippen MR) is 86.4 cm³/mol. The van der Waals surface area contributed by atoms with E-state index in [0.717, 1.165) is 12.2 Å². The molecule has 0 radical (unpaired) electrons. The van der Waals surface area contributed by atoms with Crippen LogP contribution in [-0.4, -0.2) is 18.6 Å². The number of nitrogens with one attached hydrogen (secondary N) is 2. The summed E-state index contributed by atoms with van der Waals surface area (Å²) in [5, 5.41) is 7.50. The standard InChI is InChI=1S/C17H24ClFN2/c18-14-11-12(8-9-15(14)19)21-17-7-2-1-5-13(17)16-6-3-4-10-20-16/h8-9,11,13,16-17,20-21H,1-7,10H2. The Morgan fingerprint density at radius 1 is 1.10 bits per heavy atom. The Kier molecular flexibility index (Phi) is 5.02. The molecule has 2 nitrogen and oxygen atoms in total. The first-order valence-electron chi connectivity index (χ1n) is 8.19. The van der Waals surface area contributed by atoms with Gasteiger partial charge in [0.2, 0.25) is 0 Å². The van der Waals surface area contributed by atoms with Gasteiger partial charge in [-0.1, -0.05) is 30.9 Å². The summed E-state index contributed by atoms with van der Waals surface area (Å²) in [6.07, 6.45) is 8.99. The molecule has 4 heteroatoms. The minimum absolute atomic E-state index is 0.197. The number of hydrogen-bond acceptors (Lipinski definition) is 2. The molecule has 1 aliphatic carbocycles. The number of benzene rings is 1. The highest BCUT2D eigenvalue weighted by molar-refractivity contribution is 6.31. The third-order valence-corrected chi connectivity index (χ3v) is 5.25. The van der Waals surface area contributed by atoms with Crippen LogP contribution in [0.3, 0.4) is 0 Å². The first-order valence-corrected chi connectivity index (χ1v) is 8.57. The van der Waals surface area contributed by atoms with Crippen LogP contribution in [0.25, 0.3) is 0 Å². The second-order valence-corrected chi connectivity index (χ2v) is 6.79. The van der Waals surface area contributed by atoms with Crippen molar-refractivity contribution in [2.24, 2.45) is 5.92 Å². The van der Waals surface area contributed by atoms with Crippen LogP contribution in [0, 0.1) is 11.7 Å². The van der Waals surface area contributed by atoms with Crippen molar-refractivity contribution in [1.82, 2.24) is 5.32 Å². The van der Waals surface area contributed by atoms with E-state index in [0.29, 0.717) is 18.0 Å². The largest absolute Gasteiger partial charge is 0.382 e. The van der Waals surface area contributed by atoms with E-state index in [2.05, 4.69) is 10.6 Å². The molecular formula is C17H24ClFN2. The quantitative estimate of drug-likeness (QED) is 0.853. The molecule has 1 aromatic rings. The monoisotopic (exact) mass is 310 g/mol. The number of anilines is 1. The molecule has 3 rings (SSSR count). The smallest absolute Gasteiger partial charge is 0.141 e. The third kappa shape index (κ3) is 3.70. The molecule has 21 heavy (non-hydrogen) atoms. The van der Waals surface area contributed by atoms with Gasteiger partial charge in [-0.3, -0.25) is 0 Å². The molecule has 1 aromatic carbocycles. The van der Waals surface area contributed by atoms with Crippen LogP contribution in [0.2, 0.25) is 5.02 Å². The molecule has 2 fully saturated rings. The first kappa shape index (κ1) is 15.1. The molecular weight excluding hydrogens is 287 g/mol. The SMILES string of the molecule is Fc1ccc(NC2CCCCC2C2CCCCN2)cc1Cl. The summed E-state index contributed by atoms with van der Waals surface area (Å²) in [7, 11) is 0. The predicted octanol–water partition coefficient (Wildman–Crippen LogP) is 4.59. The van der Waals surface area contributed by atoms with Crippen LogP contribution in [0.5, 0.6) is 0 Å². The fourth-order valence-corrected chi connectivity index (χ4v) is 4.05. The van der Waals surface area contributed by atoms with Gasteiger partial charge in [0, 0.05) is 17.8 Å². The first-order chi connectivity index (χ1) is 10.2. The Labute approximate surface area is 131 Å². The summed E-state index contributed by atoms with van der Waals surface area (Å²) in [6, 6.07) is 6.04. The minimum Gasteiger partial charge on any atom is -0.382 e. The van der Waals surface area contributed by atoms with Gasteiger partial charge in [0.1, 0.15) is 5.82 Å². The highest BCUT2D eigenvalue weighted by atomic mass is 35.5. The van der Waals surface area contributed by atoms with Crippen molar-refractivity contribution in [3.8, 4) is 0 Å². The normalized spacial score (nSPS) is 30.1. The molecule has 3 atom stereocenters. The van der Waals surface area contributed by atoms with E-state index in [-0.39, 0.29) is 10.8 Å². The Balaban J connectivity index is 1.69. The average Bonchev–Trinajstić information content (AvgIpc) is 2.52. The van der Waals surface area contributed by atoms with Gasteiger partial charge in [-0.2, -0.15) is 0 Å². The second-order valence-electron chi connectivity index (χ2n) is 6.38. The average molecular weight is 311 g/mol. The van der Waals surface area contributed by atoms with E-state index >= 15 is 0 Å². The number of hydrogen-bond donors (Lipinski definition) is 2. The Hall–Kier alpha value is -0.800. The molecule has 116 valence electrons. The molecule has 2 aliphatic rings. The molecule has 1 heterocycles. The van der Waals surface area contributed by atoms with Gasteiger partial charge in [-0.15, -0.1) is 0 Å². The summed E-state index contributed by atoms with van der Waals surface area (Å²) < 4.78 is 13.3. The summed E-state index contributed by atoms with van der Waals surface area (Å²) in [5.74, 6) is 0.319. The summed E-state index contributed by atoms with van der Waals surface area (Å²) in [5.41, 5.74) is 0.939. The highest BCUT2D eigenvalue weighted by Gasteiger charge is 2.32. The molecule has 0 amide bonds. The van der Waals surface area contributed by atoms with Crippen molar-refractivity contribution in [3.63, 3.8) is 0 Å². The Morgan fingerprint density at radius 2 is 1.90 bits per heavy atom. The number of piperidine rings is 1. The number of rotatable bonds is 3. The van der Waals surface area contributed by atoms with Crippen LogP contribution < -0.4 is 10.6 Å². The molecule has 0 aromatic heterocycles. The number of halogens is 2. The van der Waals surface area contributed by atoms with Crippen molar-refractivity contribution in [3.05, 3.63) is 29.0 Å². The maximum Gasteiger partial charge on any atom is 0.141 e. The van der Waals surface area contributed by atoms with Crippen LogP contribution in [0.4, 0.5) is 10.1 Å². The topological polar surface area (TPSA) is 24.1 Å². The van der Waals surface area contributed by atoms with Crippen LogP contribution in [0.1, 0.15) is 44.9 Å². The molecule has 1 saturated heterocycles.